The molecule has 0 amide bonds. The third kappa shape index (κ3) is 2.19. The van der Waals surface area contributed by atoms with Crippen molar-refractivity contribution in [3.05, 3.63) is 24.3 Å². The molecule has 0 aromatic heterocycles. The van der Waals surface area contributed by atoms with Gasteiger partial charge >= 0.3 is 0 Å². The summed E-state index contributed by atoms with van der Waals surface area (Å²) in [6.45, 7) is 0. The topological polar surface area (TPSA) is 52.0 Å². The molecule has 0 saturated carbocycles. The van der Waals surface area contributed by atoms with Gasteiger partial charge in [0, 0.05) is 26.2 Å². The van der Waals surface area contributed by atoms with Crippen molar-refractivity contribution in [1.82, 2.24) is 0 Å². The Morgan fingerprint density at radius 1 is 0.889 bits per heavy atom. The zero-order valence-corrected chi connectivity index (χ0v) is 8.39. The maximum atomic E-state index is 5.39. The van der Waals surface area contributed by atoms with Gasteiger partial charge in [0.1, 0.15) is 0 Å². The zero-order chi connectivity index (χ0) is 5.98. The van der Waals surface area contributed by atoms with E-state index in [4.69, 9.17) is 11.5 Å². The van der Waals surface area contributed by atoms with Crippen LogP contribution in [-0.2, 0) is 0 Å². The molecular formula is C6H8BiN2. The molecule has 0 atom stereocenters. The molecule has 3 heteroatoms. The smallest absolute Gasteiger partial charge is 0.0547 e. The minimum absolute atomic E-state index is 0. The molecule has 9 heavy (non-hydrogen) atoms. The molecule has 1 aromatic rings. The summed E-state index contributed by atoms with van der Waals surface area (Å²) >= 11 is 0. The first-order valence-corrected chi connectivity index (χ1v) is 2.40. The second-order valence-electron chi connectivity index (χ2n) is 1.63. The molecule has 1 rings (SSSR count). The van der Waals surface area contributed by atoms with Gasteiger partial charge in [-0.1, -0.05) is 12.1 Å². The molecule has 0 aliphatic carbocycles. The van der Waals surface area contributed by atoms with Gasteiger partial charge in [0.25, 0.3) is 0 Å². The number of hydrogen-bond acceptors (Lipinski definition) is 2. The van der Waals surface area contributed by atoms with E-state index in [9.17, 15) is 0 Å². The fraction of sp³-hybridized carbons (Fsp3) is 0. The fourth-order valence-corrected chi connectivity index (χ4v) is 0.511. The van der Waals surface area contributed by atoms with Crippen LogP contribution in [0.25, 0.3) is 0 Å². The fourth-order valence-electron chi connectivity index (χ4n) is 0.511. The van der Waals surface area contributed by atoms with Crippen LogP contribution < -0.4 is 11.5 Å². The van der Waals surface area contributed by atoms with Gasteiger partial charge in [0.2, 0.25) is 0 Å². The molecule has 4 N–H and O–H groups in total. The van der Waals surface area contributed by atoms with E-state index in [-0.39, 0.29) is 26.2 Å². The van der Waals surface area contributed by atoms with Crippen LogP contribution in [0.1, 0.15) is 0 Å². The van der Waals surface area contributed by atoms with Gasteiger partial charge in [0.15, 0.2) is 0 Å². The Hall–Kier alpha value is -0.297. The Labute approximate surface area is 73.4 Å². The molecule has 2 nitrogen and oxygen atoms in total. The molecule has 0 heterocycles. The Morgan fingerprint density at radius 2 is 1.22 bits per heavy atom. The molecule has 1 aromatic carbocycles. The van der Waals surface area contributed by atoms with Crippen molar-refractivity contribution in [3.8, 4) is 0 Å². The van der Waals surface area contributed by atoms with Crippen LogP contribution in [0.15, 0.2) is 24.3 Å². The molecule has 0 bridgehead atoms. The molecule has 0 fully saturated rings. The number of hydrogen-bond donors (Lipinski definition) is 2. The van der Waals surface area contributed by atoms with Gasteiger partial charge in [-0.2, -0.15) is 0 Å². The van der Waals surface area contributed by atoms with Crippen LogP contribution in [0.5, 0.6) is 0 Å². The van der Waals surface area contributed by atoms with Gasteiger partial charge in [-0.25, -0.2) is 0 Å². The quantitative estimate of drug-likeness (QED) is 0.540. The first kappa shape index (κ1) is 8.70. The van der Waals surface area contributed by atoms with Gasteiger partial charge in [0.05, 0.1) is 11.4 Å². The third-order valence-corrected chi connectivity index (χ3v) is 0.996. The SMILES string of the molecule is Nc1ccccc1N.[Bi]. The van der Waals surface area contributed by atoms with E-state index < -0.39 is 0 Å². The average Bonchev–Trinajstić information content (AvgIpc) is 1.77. The average molecular weight is 317 g/mol. The minimum Gasteiger partial charge on any atom is -0.397 e. The van der Waals surface area contributed by atoms with Crippen molar-refractivity contribution in [2.24, 2.45) is 0 Å². The predicted molar refractivity (Wildman–Crippen MR) is 41.0 cm³/mol. The summed E-state index contributed by atoms with van der Waals surface area (Å²) in [5.74, 6) is 0. The van der Waals surface area contributed by atoms with Crippen LogP contribution in [-0.4, -0.2) is 26.2 Å². The van der Waals surface area contributed by atoms with E-state index in [0.29, 0.717) is 11.4 Å². The number of para-hydroxylation sites is 2. The molecule has 0 unspecified atom stereocenters. The summed E-state index contributed by atoms with van der Waals surface area (Å²) in [5, 5.41) is 0. The van der Waals surface area contributed by atoms with E-state index in [1.54, 1.807) is 12.1 Å². The molecule has 0 aliphatic heterocycles. The molecular weight excluding hydrogens is 309 g/mol. The van der Waals surface area contributed by atoms with Gasteiger partial charge in [-0.3, -0.25) is 0 Å². The summed E-state index contributed by atoms with van der Waals surface area (Å²) in [6, 6.07) is 7.25. The molecule has 47 valence electrons. The van der Waals surface area contributed by atoms with Crippen molar-refractivity contribution in [2.45, 2.75) is 0 Å². The van der Waals surface area contributed by atoms with E-state index in [1.807, 2.05) is 12.1 Å². The summed E-state index contributed by atoms with van der Waals surface area (Å²) in [5.41, 5.74) is 12.1. The molecule has 0 spiro atoms. The number of nitrogen functional groups attached to an aromatic ring is 2. The van der Waals surface area contributed by atoms with E-state index >= 15 is 0 Å². The maximum Gasteiger partial charge on any atom is 0.0547 e. The molecule has 0 saturated heterocycles. The monoisotopic (exact) mass is 317 g/mol. The van der Waals surface area contributed by atoms with E-state index in [1.165, 1.54) is 0 Å². The summed E-state index contributed by atoms with van der Waals surface area (Å²) in [4.78, 5) is 0. The van der Waals surface area contributed by atoms with Crippen molar-refractivity contribution >= 4 is 37.6 Å². The standard InChI is InChI=1S/C6H8N2.Bi/c7-5-3-1-2-4-6(5)8;/h1-4H,7-8H2;. The number of nitrogens with two attached hydrogens (primary N) is 2. The van der Waals surface area contributed by atoms with Crippen LogP contribution >= 0.6 is 0 Å². The third-order valence-electron chi connectivity index (χ3n) is 0.996. The summed E-state index contributed by atoms with van der Waals surface area (Å²) < 4.78 is 0. The van der Waals surface area contributed by atoms with Crippen molar-refractivity contribution in [3.63, 3.8) is 0 Å². The maximum absolute atomic E-state index is 5.39. The molecule has 0 aliphatic rings. The van der Waals surface area contributed by atoms with Crippen molar-refractivity contribution < 1.29 is 0 Å². The first-order chi connectivity index (χ1) is 3.80. The number of anilines is 2. The normalized spacial score (nSPS) is 8.00. The van der Waals surface area contributed by atoms with Crippen molar-refractivity contribution in [2.75, 3.05) is 11.5 Å². The number of rotatable bonds is 0. The van der Waals surface area contributed by atoms with Gasteiger partial charge in [-0.15, -0.1) is 0 Å². The Bertz CT molecular complexity index is 167. The zero-order valence-electron chi connectivity index (χ0n) is 4.91. The minimum atomic E-state index is 0. The van der Waals surface area contributed by atoms with Crippen LogP contribution in [0.4, 0.5) is 11.4 Å². The predicted octanol–water partition coefficient (Wildman–Crippen LogP) is 0.470. The van der Waals surface area contributed by atoms with Gasteiger partial charge < -0.3 is 11.5 Å². The Morgan fingerprint density at radius 3 is 1.44 bits per heavy atom. The Balaban J connectivity index is 0.000000640. The van der Waals surface area contributed by atoms with Crippen LogP contribution in [0, 0.1) is 0 Å². The second kappa shape index (κ2) is 3.68. The van der Waals surface area contributed by atoms with Crippen LogP contribution in [0.3, 0.4) is 0 Å². The summed E-state index contributed by atoms with van der Waals surface area (Å²) in [7, 11) is 0. The van der Waals surface area contributed by atoms with E-state index in [0.717, 1.165) is 0 Å². The molecule has 3 radical (unpaired) electrons. The van der Waals surface area contributed by atoms with Crippen LogP contribution in [0.2, 0.25) is 0 Å². The van der Waals surface area contributed by atoms with Crippen molar-refractivity contribution in [1.29, 1.82) is 0 Å². The second-order valence-corrected chi connectivity index (χ2v) is 1.63. The Kier molecular flexibility index (Phi) is 3.55. The van der Waals surface area contributed by atoms with Gasteiger partial charge in [-0.05, 0) is 12.1 Å². The first-order valence-electron chi connectivity index (χ1n) is 2.40. The van der Waals surface area contributed by atoms with E-state index in [2.05, 4.69) is 0 Å². The summed E-state index contributed by atoms with van der Waals surface area (Å²) in [6.07, 6.45) is 0. The largest absolute Gasteiger partial charge is 0.397 e. The number of benzene rings is 1.